The molecule has 3 rings (SSSR count). The fourth-order valence-electron chi connectivity index (χ4n) is 2.86. The highest BCUT2D eigenvalue weighted by Crippen LogP contribution is 2.32. The van der Waals surface area contributed by atoms with Gasteiger partial charge in [0.05, 0.1) is 5.56 Å². The molecule has 1 aliphatic rings. The molecule has 0 amide bonds. The quantitative estimate of drug-likeness (QED) is 0.422. The molecule has 1 N–H and O–H groups in total. The molecule has 9 nitrogen and oxygen atoms in total. The maximum absolute atomic E-state index is 12.4. The summed E-state index contributed by atoms with van der Waals surface area (Å²) in [6.45, 7) is 1.39. The van der Waals surface area contributed by atoms with E-state index in [0.29, 0.717) is 11.1 Å². The maximum atomic E-state index is 12.4. The molecular formula is C17H17N2O7PS. The van der Waals surface area contributed by atoms with Gasteiger partial charge < -0.3 is 21.7 Å². The van der Waals surface area contributed by atoms with Gasteiger partial charge in [-0.25, -0.2) is 9.59 Å². The first-order valence-corrected chi connectivity index (χ1v) is 10.5. The van der Waals surface area contributed by atoms with Gasteiger partial charge in [-0.3, -0.25) is 14.3 Å². The molecule has 1 aromatic heterocycles. The van der Waals surface area contributed by atoms with Crippen LogP contribution in [0.5, 0.6) is 0 Å². The molecule has 1 unspecified atom stereocenters. The number of benzene rings is 1. The van der Waals surface area contributed by atoms with Crippen LogP contribution in [0.4, 0.5) is 0 Å². The molecule has 1 fully saturated rings. The van der Waals surface area contributed by atoms with Crippen LogP contribution in [0.25, 0.3) is 0 Å². The lowest BCUT2D eigenvalue weighted by atomic mass is 10.1. The molecule has 0 bridgehead atoms. The number of carbonyl (C=O) groups is 1. The lowest BCUT2D eigenvalue weighted by Gasteiger charge is -2.17. The van der Waals surface area contributed by atoms with Gasteiger partial charge in [-0.2, -0.15) is 4.52 Å². The van der Waals surface area contributed by atoms with Crippen molar-refractivity contribution in [1.29, 1.82) is 0 Å². The number of aromatic amines is 1. The number of aryl methyl sites for hydroxylation is 1. The van der Waals surface area contributed by atoms with Gasteiger partial charge in [-0.1, -0.05) is 22.8 Å². The Morgan fingerprint density at radius 2 is 2.07 bits per heavy atom. The third kappa shape index (κ3) is 4.77. The van der Waals surface area contributed by atoms with Crippen molar-refractivity contribution >= 4 is 25.4 Å². The molecule has 0 aliphatic carbocycles. The molecule has 0 spiro atoms. The first-order chi connectivity index (χ1) is 13.3. The third-order valence-corrected chi connectivity index (χ3v) is 4.92. The average molecular weight is 424 g/mol. The molecule has 148 valence electrons. The van der Waals surface area contributed by atoms with Crippen LogP contribution in [0.15, 0.2) is 46.1 Å². The van der Waals surface area contributed by atoms with Crippen LogP contribution < -0.4 is 11.2 Å². The smallest absolute Gasteiger partial charge is 0.372 e. The largest absolute Gasteiger partial charge is 0.456 e. The molecule has 0 radical (unpaired) electrons. The van der Waals surface area contributed by atoms with Crippen LogP contribution in [-0.4, -0.2) is 34.3 Å². The number of hydrogen-bond donors (Lipinski definition) is 1. The van der Waals surface area contributed by atoms with E-state index in [-0.39, 0.29) is 13.0 Å². The summed E-state index contributed by atoms with van der Waals surface area (Å²) in [5.74, 6) is -0.562. The lowest BCUT2D eigenvalue weighted by molar-refractivity contribution is -0.0463. The van der Waals surface area contributed by atoms with Gasteiger partial charge in [0, 0.05) is 18.2 Å². The van der Waals surface area contributed by atoms with E-state index in [2.05, 4.69) is 17.2 Å². The normalized spacial score (nSPS) is 22.1. The van der Waals surface area contributed by atoms with Gasteiger partial charge in [-0.05, 0) is 19.1 Å². The van der Waals surface area contributed by atoms with Crippen molar-refractivity contribution < 1.29 is 23.4 Å². The minimum Gasteiger partial charge on any atom is -0.456 e. The second-order valence-corrected chi connectivity index (χ2v) is 7.77. The van der Waals surface area contributed by atoms with Crippen molar-refractivity contribution in [2.45, 2.75) is 31.8 Å². The van der Waals surface area contributed by atoms with E-state index in [9.17, 15) is 18.9 Å². The van der Waals surface area contributed by atoms with Gasteiger partial charge in [0.15, 0.2) is 0 Å². The Morgan fingerprint density at radius 3 is 2.75 bits per heavy atom. The predicted octanol–water partition coefficient (Wildman–Crippen LogP) is 1.58. The highest BCUT2D eigenvalue weighted by molar-refractivity contribution is 8.25. The van der Waals surface area contributed by atoms with Gasteiger partial charge in [0.2, 0.25) is 0 Å². The molecule has 2 heterocycles. The van der Waals surface area contributed by atoms with E-state index < -0.39 is 42.9 Å². The van der Waals surface area contributed by atoms with Crippen LogP contribution in [0.1, 0.15) is 28.6 Å². The summed E-state index contributed by atoms with van der Waals surface area (Å²) < 4.78 is 28.6. The van der Waals surface area contributed by atoms with Crippen LogP contribution in [0.3, 0.4) is 0 Å². The Morgan fingerprint density at radius 1 is 1.36 bits per heavy atom. The molecule has 1 aromatic carbocycles. The van der Waals surface area contributed by atoms with Crippen LogP contribution in [0, 0.1) is 6.92 Å². The average Bonchev–Trinajstić information content (AvgIpc) is 3.06. The molecule has 2 aromatic rings. The van der Waals surface area contributed by atoms with E-state index in [1.54, 1.807) is 37.3 Å². The standard InChI is InChI=1S/C17H17N2O7PS/c1-10-8-19(17(22)18-15(10)20)14-7-12(13(25-14)9-24-27(23)28)26-16(21)11-5-3-2-4-6-11/h2-6,8,12-14H,7,9H2,1H3,(H,18,20,22)/t12-,13+,14+/m0/s1. The number of ether oxygens (including phenoxy) is 2. The summed E-state index contributed by atoms with van der Waals surface area (Å²) in [4.78, 5) is 38.3. The van der Waals surface area contributed by atoms with Crippen LogP contribution in [0.2, 0.25) is 0 Å². The molecule has 4 atom stereocenters. The van der Waals surface area contributed by atoms with Gasteiger partial charge in [0.1, 0.15) is 25.0 Å². The van der Waals surface area contributed by atoms with Gasteiger partial charge in [0.25, 0.3) is 5.56 Å². The summed E-state index contributed by atoms with van der Waals surface area (Å²) >= 11 is 4.52. The fraction of sp³-hybridized carbons (Fsp3) is 0.353. The summed E-state index contributed by atoms with van der Waals surface area (Å²) in [6.07, 6.45) is -0.820. The van der Waals surface area contributed by atoms with Crippen molar-refractivity contribution in [2.75, 3.05) is 6.61 Å². The lowest BCUT2D eigenvalue weighted by Crippen LogP contribution is -2.33. The number of carbonyl (C=O) groups excluding carboxylic acids is 1. The molecule has 1 aliphatic heterocycles. The van der Waals surface area contributed by atoms with Gasteiger partial charge >= 0.3 is 18.9 Å². The molecule has 11 heteroatoms. The summed E-state index contributed by atoms with van der Waals surface area (Å²) in [7, 11) is -2.29. The number of nitrogens with zero attached hydrogens (tertiary/aromatic N) is 1. The Kier molecular flexibility index (Phi) is 6.46. The van der Waals surface area contributed by atoms with E-state index in [4.69, 9.17) is 14.0 Å². The third-order valence-electron chi connectivity index (χ3n) is 4.25. The number of rotatable bonds is 6. The zero-order valence-corrected chi connectivity index (χ0v) is 16.5. The minimum absolute atomic E-state index is 0.145. The predicted molar refractivity (Wildman–Crippen MR) is 101 cm³/mol. The Balaban J connectivity index is 1.82. The topological polar surface area (TPSA) is 117 Å². The second-order valence-electron chi connectivity index (χ2n) is 6.17. The molecule has 28 heavy (non-hydrogen) atoms. The van der Waals surface area contributed by atoms with Crippen molar-refractivity contribution in [2.24, 2.45) is 0 Å². The molecular weight excluding hydrogens is 407 g/mol. The number of aromatic nitrogens is 2. The van der Waals surface area contributed by atoms with Crippen molar-refractivity contribution in [1.82, 2.24) is 9.55 Å². The molecule has 1 saturated heterocycles. The Labute approximate surface area is 165 Å². The number of hydrogen-bond acceptors (Lipinski definition) is 8. The van der Waals surface area contributed by atoms with Crippen molar-refractivity contribution in [3.8, 4) is 0 Å². The van der Waals surface area contributed by atoms with E-state index in [0.717, 1.165) is 0 Å². The zero-order chi connectivity index (χ0) is 20.3. The van der Waals surface area contributed by atoms with E-state index >= 15 is 0 Å². The van der Waals surface area contributed by atoms with Crippen LogP contribution >= 0.6 is 7.23 Å². The minimum atomic E-state index is -2.29. The summed E-state index contributed by atoms with van der Waals surface area (Å²) in [6, 6.07) is 8.40. The zero-order valence-electron chi connectivity index (χ0n) is 14.8. The van der Waals surface area contributed by atoms with E-state index in [1.807, 2.05) is 0 Å². The molecule has 0 saturated carbocycles. The van der Waals surface area contributed by atoms with Gasteiger partial charge in [-0.15, -0.1) is 0 Å². The highest BCUT2D eigenvalue weighted by Gasteiger charge is 2.40. The van der Waals surface area contributed by atoms with Crippen LogP contribution in [-0.2, 0) is 30.8 Å². The first kappa shape index (κ1) is 20.5. The Bertz CT molecular complexity index is 991. The summed E-state index contributed by atoms with van der Waals surface area (Å²) in [5.41, 5.74) is -0.453. The second kappa shape index (κ2) is 8.83. The number of esters is 1. The van der Waals surface area contributed by atoms with Crippen molar-refractivity contribution in [3.63, 3.8) is 0 Å². The summed E-state index contributed by atoms with van der Waals surface area (Å²) in [5, 5.41) is 0. The Hall–Kier alpha value is -2.26. The number of nitrogens with one attached hydrogen (secondary N) is 1. The monoisotopic (exact) mass is 424 g/mol. The number of H-pyrrole nitrogens is 1. The van der Waals surface area contributed by atoms with Crippen molar-refractivity contribution in [3.05, 3.63) is 68.5 Å². The highest BCUT2D eigenvalue weighted by atomic mass is 32.7. The SMILES string of the molecule is Cc1cn([C@H]2C[C@H](OC(=O)c3ccccc3)[C@@H](CO[P+](=O)[S-])O2)c(=O)[nH]c1=O. The first-order valence-electron chi connectivity index (χ1n) is 8.36. The van der Waals surface area contributed by atoms with E-state index in [1.165, 1.54) is 10.8 Å². The fourth-order valence-corrected chi connectivity index (χ4v) is 3.31. The maximum Gasteiger partial charge on any atom is 0.372 e.